The van der Waals surface area contributed by atoms with Crippen LogP contribution in [0, 0.1) is 5.82 Å². The molecule has 0 unspecified atom stereocenters. The summed E-state index contributed by atoms with van der Waals surface area (Å²) in [4.78, 5) is 33.0. The molecule has 0 radical (unpaired) electrons. The molecule has 4 aromatic rings. The normalized spacial score (nSPS) is 14.7. The molecule has 0 saturated heterocycles. The van der Waals surface area contributed by atoms with Gasteiger partial charge in [-0.05, 0) is 73.5 Å². The SMILES string of the molecule is CCCC1=C(C(=O)OCC)[C@H](c2cc(Br)ccc2OC)n2c(s/c(=C/c3cc(Cl)ccc3OCc3ccc(F)cc3)c2=O)=N1. The molecule has 1 aliphatic heterocycles. The topological polar surface area (TPSA) is 79.1 Å². The predicted molar refractivity (Wildman–Crippen MR) is 173 cm³/mol. The lowest BCUT2D eigenvalue weighted by atomic mass is 9.93. The molecule has 0 spiro atoms. The quantitative estimate of drug-likeness (QED) is 0.172. The van der Waals surface area contributed by atoms with Crippen molar-refractivity contribution in [3.05, 3.63) is 124 Å². The number of benzene rings is 3. The van der Waals surface area contributed by atoms with Gasteiger partial charge in [-0.2, -0.15) is 0 Å². The number of nitrogens with zero attached hydrogens (tertiary/aromatic N) is 2. The predicted octanol–water partition coefficient (Wildman–Crippen LogP) is 6.72. The van der Waals surface area contributed by atoms with Crippen LogP contribution in [-0.2, 0) is 16.1 Å². The van der Waals surface area contributed by atoms with E-state index in [9.17, 15) is 14.0 Å². The van der Waals surface area contributed by atoms with Gasteiger partial charge in [-0.15, -0.1) is 0 Å². The van der Waals surface area contributed by atoms with E-state index in [1.165, 1.54) is 28.0 Å². The molecule has 2 heterocycles. The molecule has 0 bridgehead atoms. The zero-order chi connectivity index (χ0) is 31.4. The van der Waals surface area contributed by atoms with Crippen LogP contribution in [0.4, 0.5) is 4.39 Å². The molecule has 0 N–H and O–H groups in total. The largest absolute Gasteiger partial charge is 0.496 e. The van der Waals surface area contributed by atoms with Crippen LogP contribution in [0.1, 0.15) is 49.4 Å². The minimum atomic E-state index is -0.838. The molecule has 44 heavy (non-hydrogen) atoms. The van der Waals surface area contributed by atoms with E-state index >= 15 is 0 Å². The molecule has 0 aliphatic carbocycles. The number of hydrogen-bond acceptors (Lipinski definition) is 7. The van der Waals surface area contributed by atoms with Gasteiger partial charge in [-0.3, -0.25) is 9.36 Å². The highest BCUT2D eigenvalue weighted by molar-refractivity contribution is 9.10. The van der Waals surface area contributed by atoms with Gasteiger partial charge in [-0.1, -0.05) is 64.3 Å². The van der Waals surface area contributed by atoms with Crippen molar-refractivity contribution in [2.24, 2.45) is 4.99 Å². The van der Waals surface area contributed by atoms with E-state index in [0.717, 1.165) is 16.5 Å². The van der Waals surface area contributed by atoms with Gasteiger partial charge in [0.25, 0.3) is 5.56 Å². The number of fused-ring (bicyclic) bond motifs is 1. The van der Waals surface area contributed by atoms with Crippen molar-refractivity contribution in [2.75, 3.05) is 13.7 Å². The Bertz CT molecular complexity index is 1920. The fourth-order valence-corrected chi connectivity index (χ4v) is 6.55. The number of methoxy groups -OCH3 is 1. The Morgan fingerprint density at radius 3 is 2.57 bits per heavy atom. The molecule has 11 heteroatoms. The molecular weight excluding hydrogens is 671 g/mol. The molecule has 3 aromatic carbocycles. The Kier molecular flexibility index (Phi) is 10.0. The molecule has 7 nitrogen and oxygen atoms in total. The number of carbonyl (C=O) groups is 1. The summed E-state index contributed by atoms with van der Waals surface area (Å²) in [7, 11) is 1.55. The first kappa shape index (κ1) is 31.7. The highest BCUT2D eigenvalue weighted by atomic mass is 79.9. The summed E-state index contributed by atoms with van der Waals surface area (Å²) in [6.45, 7) is 4.10. The zero-order valence-corrected chi connectivity index (χ0v) is 27.4. The van der Waals surface area contributed by atoms with Gasteiger partial charge in [0.2, 0.25) is 0 Å². The Morgan fingerprint density at radius 2 is 1.86 bits per heavy atom. The van der Waals surface area contributed by atoms with Gasteiger partial charge in [-0.25, -0.2) is 14.2 Å². The summed E-state index contributed by atoms with van der Waals surface area (Å²) in [5.41, 5.74) is 2.51. The highest BCUT2D eigenvalue weighted by Gasteiger charge is 2.36. The van der Waals surface area contributed by atoms with Crippen LogP contribution in [0.3, 0.4) is 0 Å². The van der Waals surface area contributed by atoms with Crippen molar-refractivity contribution in [2.45, 2.75) is 39.3 Å². The van der Waals surface area contributed by atoms with Crippen molar-refractivity contribution in [3.8, 4) is 11.5 Å². The lowest BCUT2D eigenvalue weighted by Crippen LogP contribution is -2.40. The van der Waals surface area contributed by atoms with Crippen molar-refractivity contribution in [1.29, 1.82) is 0 Å². The molecule has 228 valence electrons. The van der Waals surface area contributed by atoms with E-state index in [0.29, 0.717) is 54.7 Å². The number of hydrogen-bond donors (Lipinski definition) is 0. The number of allylic oxidation sites excluding steroid dienone is 1. The zero-order valence-electron chi connectivity index (χ0n) is 24.2. The summed E-state index contributed by atoms with van der Waals surface area (Å²) in [6.07, 6.45) is 2.95. The Balaban J connectivity index is 1.69. The van der Waals surface area contributed by atoms with E-state index in [1.54, 1.807) is 56.5 Å². The number of esters is 1. The first-order chi connectivity index (χ1) is 21.2. The summed E-state index contributed by atoms with van der Waals surface area (Å²) in [6, 6.07) is 15.8. The summed E-state index contributed by atoms with van der Waals surface area (Å²) in [5, 5.41) is 0.463. The molecule has 5 rings (SSSR count). The number of ether oxygens (including phenoxy) is 3. The summed E-state index contributed by atoms with van der Waals surface area (Å²) >= 11 is 11.1. The second-order valence-corrected chi connectivity index (χ2v) is 12.3. The number of thiazole rings is 1. The molecular formula is C33H29BrClFN2O5S. The third kappa shape index (κ3) is 6.67. The van der Waals surface area contributed by atoms with Crippen molar-refractivity contribution in [1.82, 2.24) is 4.57 Å². The second-order valence-electron chi connectivity index (χ2n) is 9.90. The van der Waals surface area contributed by atoms with Crippen molar-refractivity contribution >= 4 is 50.9 Å². The van der Waals surface area contributed by atoms with E-state index < -0.39 is 12.0 Å². The van der Waals surface area contributed by atoms with E-state index in [-0.39, 0.29) is 24.6 Å². The van der Waals surface area contributed by atoms with Crippen LogP contribution < -0.4 is 24.4 Å². The smallest absolute Gasteiger partial charge is 0.338 e. The third-order valence-electron chi connectivity index (χ3n) is 6.94. The Labute approximate surface area is 271 Å². The number of rotatable bonds is 10. The second kappa shape index (κ2) is 13.9. The summed E-state index contributed by atoms with van der Waals surface area (Å²) in [5.74, 6) is 0.142. The maximum atomic E-state index is 14.2. The molecule has 1 aliphatic rings. The molecule has 0 amide bonds. The number of carbonyl (C=O) groups excluding carboxylic acids is 1. The van der Waals surface area contributed by atoms with Crippen LogP contribution in [0.25, 0.3) is 6.08 Å². The molecule has 1 aromatic heterocycles. The van der Waals surface area contributed by atoms with Gasteiger partial charge >= 0.3 is 5.97 Å². The molecule has 0 saturated carbocycles. The monoisotopic (exact) mass is 698 g/mol. The van der Waals surface area contributed by atoms with Gasteiger partial charge in [0, 0.05) is 20.6 Å². The van der Waals surface area contributed by atoms with E-state index in [1.807, 2.05) is 19.1 Å². The maximum Gasteiger partial charge on any atom is 0.338 e. The van der Waals surface area contributed by atoms with Crippen LogP contribution >= 0.6 is 38.9 Å². The lowest BCUT2D eigenvalue weighted by molar-refractivity contribution is -0.139. The van der Waals surface area contributed by atoms with Gasteiger partial charge < -0.3 is 14.2 Å². The first-order valence-corrected chi connectivity index (χ1v) is 15.9. The third-order valence-corrected chi connectivity index (χ3v) is 8.66. The lowest BCUT2D eigenvalue weighted by Gasteiger charge is -2.27. The standard InChI is InChI=1S/C33H29BrClFN2O5S/c1-4-6-25-29(32(40)42-5-2)30(24-17-21(34)9-13-27(24)41-3)38-31(39)28(44-33(38)37-25)16-20-15-22(35)10-14-26(20)43-18-19-7-11-23(36)12-8-19/h7-17,30H,4-6,18H2,1-3H3/b28-16+/t30-/m0/s1. The van der Waals surface area contributed by atoms with Gasteiger partial charge in [0.15, 0.2) is 4.80 Å². The van der Waals surface area contributed by atoms with Crippen LogP contribution in [0.15, 0.2) is 86.2 Å². The maximum absolute atomic E-state index is 14.2. The van der Waals surface area contributed by atoms with E-state index in [4.69, 9.17) is 30.8 Å². The first-order valence-electron chi connectivity index (χ1n) is 14.0. The van der Waals surface area contributed by atoms with Crippen molar-refractivity contribution in [3.63, 3.8) is 0 Å². The number of aromatic nitrogens is 1. The summed E-state index contributed by atoms with van der Waals surface area (Å²) < 4.78 is 33.3. The molecule has 1 atom stereocenters. The van der Waals surface area contributed by atoms with Crippen molar-refractivity contribution < 1.29 is 23.4 Å². The number of halogens is 3. The minimum absolute atomic E-state index is 0.171. The van der Waals surface area contributed by atoms with Crippen LogP contribution in [0.2, 0.25) is 5.02 Å². The van der Waals surface area contributed by atoms with E-state index in [2.05, 4.69) is 15.9 Å². The van der Waals surface area contributed by atoms with Gasteiger partial charge in [0.05, 0.1) is 29.5 Å². The minimum Gasteiger partial charge on any atom is -0.496 e. The molecule has 0 fully saturated rings. The fourth-order valence-electron chi connectivity index (χ4n) is 4.98. The Hall–Kier alpha value is -3.73. The average molecular weight is 700 g/mol. The van der Waals surface area contributed by atoms with Gasteiger partial charge in [0.1, 0.15) is 30.0 Å². The van der Waals surface area contributed by atoms with Crippen LogP contribution in [0.5, 0.6) is 11.5 Å². The highest BCUT2D eigenvalue weighted by Crippen LogP contribution is 2.38. The average Bonchev–Trinajstić information content (AvgIpc) is 3.31. The van der Waals surface area contributed by atoms with Crippen LogP contribution in [-0.4, -0.2) is 24.3 Å². The Morgan fingerprint density at radius 1 is 1.11 bits per heavy atom. The fraction of sp³-hybridized carbons (Fsp3) is 0.242.